The Morgan fingerprint density at radius 3 is 2.39 bits per heavy atom. The van der Waals surface area contributed by atoms with Crippen LogP contribution in [-0.2, 0) is 17.8 Å². The molecule has 1 aromatic rings. The van der Waals surface area contributed by atoms with Gasteiger partial charge in [0.25, 0.3) is 0 Å². The summed E-state index contributed by atoms with van der Waals surface area (Å²) in [5.74, 6) is -0.787. The minimum Gasteiger partial charge on any atom is -0.481 e. The molecule has 0 aromatic heterocycles. The molecule has 4 nitrogen and oxygen atoms in total. The van der Waals surface area contributed by atoms with E-state index in [9.17, 15) is 4.79 Å². The molecular formula is C14H22N2O2. The zero-order valence-corrected chi connectivity index (χ0v) is 11.1. The number of carbonyl (C=O) groups is 1. The molecule has 1 aromatic carbocycles. The molecule has 4 heteroatoms. The molecule has 1 rings (SSSR count). The van der Waals surface area contributed by atoms with Crippen molar-refractivity contribution in [1.82, 2.24) is 10.2 Å². The van der Waals surface area contributed by atoms with E-state index in [2.05, 4.69) is 24.3 Å². The third kappa shape index (κ3) is 6.37. The van der Waals surface area contributed by atoms with Crippen LogP contribution in [0.5, 0.6) is 0 Å². The van der Waals surface area contributed by atoms with E-state index in [1.165, 1.54) is 5.56 Å². The first-order chi connectivity index (χ1) is 8.58. The van der Waals surface area contributed by atoms with E-state index in [1.54, 1.807) is 0 Å². The molecule has 0 atom stereocenters. The van der Waals surface area contributed by atoms with E-state index in [-0.39, 0.29) is 6.42 Å². The number of hydrogen-bond donors (Lipinski definition) is 2. The number of nitrogens with zero attached hydrogens (tertiary/aromatic N) is 1. The average Bonchev–Trinajstić information content (AvgIpc) is 2.30. The lowest BCUT2D eigenvalue weighted by Crippen LogP contribution is -2.21. The van der Waals surface area contributed by atoms with Crippen LogP contribution in [0, 0.1) is 0 Å². The van der Waals surface area contributed by atoms with Gasteiger partial charge in [-0.15, -0.1) is 0 Å². The zero-order chi connectivity index (χ0) is 13.4. The second-order valence-corrected chi connectivity index (χ2v) is 4.72. The number of carboxylic acid groups (broad SMARTS) is 1. The van der Waals surface area contributed by atoms with E-state index in [0.29, 0.717) is 0 Å². The monoisotopic (exact) mass is 250 g/mol. The van der Waals surface area contributed by atoms with Gasteiger partial charge in [-0.25, -0.2) is 0 Å². The molecular weight excluding hydrogens is 228 g/mol. The largest absolute Gasteiger partial charge is 0.481 e. The third-order valence-corrected chi connectivity index (χ3v) is 2.67. The number of nitrogens with one attached hydrogen (secondary N) is 1. The van der Waals surface area contributed by atoms with Crippen LogP contribution in [0.4, 0.5) is 0 Å². The molecule has 0 aliphatic carbocycles. The molecule has 0 bridgehead atoms. The molecule has 0 radical (unpaired) electrons. The standard InChI is InChI=1S/C14H22N2O2/c1-16(2)9-3-8-15-11-13-6-4-12(5-7-13)10-14(17)18/h4-7,15H,3,8-11H2,1-2H3,(H,17,18). The van der Waals surface area contributed by atoms with E-state index in [1.807, 2.05) is 24.3 Å². The maximum atomic E-state index is 10.5. The molecule has 0 fully saturated rings. The highest BCUT2D eigenvalue weighted by atomic mass is 16.4. The Kier molecular flexibility index (Phi) is 6.39. The fourth-order valence-corrected chi connectivity index (χ4v) is 1.70. The van der Waals surface area contributed by atoms with Crippen LogP contribution in [0.1, 0.15) is 17.5 Å². The first kappa shape index (κ1) is 14.7. The van der Waals surface area contributed by atoms with Gasteiger partial charge in [-0.05, 0) is 44.7 Å². The van der Waals surface area contributed by atoms with Gasteiger partial charge in [0.1, 0.15) is 0 Å². The molecule has 0 unspecified atom stereocenters. The van der Waals surface area contributed by atoms with Crippen LogP contribution in [0.25, 0.3) is 0 Å². The topological polar surface area (TPSA) is 52.6 Å². The Labute approximate surface area is 109 Å². The van der Waals surface area contributed by atoms with Crippen molar-refractivity contribution in [2.75, 3.05) is 27.2 Å². The highest BCUT2D eigenvalue weighted by Crippen LogP contribution is 2.05. The quantitative estimate of drug-likeness (QED) is 0.684. The van der Waals surface area contributed by atoms with Gasteiger partial charge in [-0.2, -0.15) is 0 Å². The van der Waals surface area contributed by atoms with Crippen LogP contribution >= 0.6 is 0 Å². The lowest BCUT2D eigenvalue weighted by molar-refractivity contribution is -0.136. The highest BCUT2D eigenvalue weighted by Gasteiger charge is 2.00. The predicted octanol–water partition coefficient (Wildman–Crippen LogP) is 1.35. The lowest BCUT2D eigenvalue weighted by Gasteiger charge is -2.10. The van der Waals surface area contributed by atoms with Gasteiger partial charge < -0.3 is 15.3 Å². The number of carboxylic acids is 1. The number of hydrogen-bond acceptors (Lipinski definition) is 3. The number of aliphatic carboxylic acids is 1. The van der Waals surface area contributed by atoms with Crippen molar-refractivity contribution in [3.05, 3.63) is 35.4 Å². The van der Waals surface area contributed by atoms with Gasteiger partial charge >= 0.3 is 5.97 Å². The normalized spacial score (nSPS) is 10.8. The van der Waals surface area contributed by atoms with E-state index < -0.39 is 5.97 Å². The average molecular weight is 250 g/mol. The van der Waals surface area contributed by atoms with Gasteiger partial charge in [0.05, 0.1) is 6.42 Å². The van der Waals surface area contributed by atoms with Gasteiger partial charge in [-0.3, -0.25) is 4.79 Å². The summed E-state index contributed by atoms with van der Waals surface area (Å²) in [6.45, 7) is 2.92. The maximum Gasteiger partial charge on any atom is 0.307 e. The first-order valence-corrected chi connectivity index (χ1v) is 6.23. The van der Waals surface area contributed by atoms with Crippen molar-refractivity contribution in [2.45, 2.75) is 19.4 Å². The smallest absolute Gasteiger partial charge is 0.307 e. The zero-order valence-electron chi connectivity index (χ0n) is 11.1. The summed E-state index contributed by atoms with van der Waals surface area (Å²) in [6.07, 6.45) is 1.22. The number of rotatable bonds is 8. The van der Waals surface area contributed by atoms with Crippen molar-refractivity contribution >= 4 is 5.97 Å². The number of benzene rings is 1. The van der Waals surface area contributed by atoms with Crippen molar-refractivity contribution in [2.24, 2.45) is 0 Å². The van der Waals surface area contributed by atoms with Crippen molar-refractivity contribution < 1.29 is 9.90 Å². The second-order valence-electron chi connectivity index (χ2n) is 4.72. The van der Waals surface area contributed by atoms with Crippen molar-refractivity contribution in [1.29, 1.82) is 0 Å². The summed E-state index contributed by atoms with van der Waals surface area (Å²) in [6, 6.07) is 7.73. The van der Waals surface area contributed by atoms with Crippen LogP contribution < -0.4 is 5.32 Å². The van der Waals surface area contributed by atoms with Crippen LogP contribution in [0.3, 0.4) is 0 Å². The van der Waals surface area contributed by atoms with Crippen LogP contribution in [0.2, 0.25) is 0 Å². The summed E-state index contributed by atoms with van der Waals surface area (Å²) in [4.78, 5) is 12.7. The predicted molar refractivity (Wildman–Crippen MR) is 72.7 cm³/mol. The SMILES string of the molecule is CN(C)CCCNCc1ccc(CC(=O)O)cc1. The molecule has 2 N–H and O–H groups in total. The minimum absolute atomic E-state index is 0.0938. The van der Waals surface area contributed by atoms with Gasteiger partial charge in [-0.1, -0.05) is 24.3 Å². The van der Waals surface area contributed by atoms with Gasteiger partial charge in [0.15, 0.2) is 0 Å². The Balaban J connectivity index is 2.24. The first-order valence-electron chi connectivity index (χ1n) is 6.23. The van der Waals surface area contributed by atoms with Crippen molar-refractivity contribution in [3.8, 4) is 0 Å². The fourth-order valence-electron chi connectivity index (χ4n) is 1.70. The summed E-state index contributed by atoms with van der Waals surface area (Å²) >= 11 is 0. The minimum atomic E-state index is -0.787. The summed E-state index contributed by atoms with van der Waals surface area (Å²) in [5.41, 5.74) is 2.04. The van der Waals surface area contributed by atoms with Crippen LogP contribution in [-0.4, -0.2) is 43.2 Å². The van der Waals surface area contributed by atoms with Crippen LogP contribution in [0.15, 0.2) is 24.3 Å². The summed E-state index contributed by atoms with van der Waals surface area (Å²) in [5, 5.41) is 12.0. The van der Waals surface area contributed by atoms with E-state index in [0.717, 1.165) is 31.6 Å². The Bertz CT molecular complexity index is 361. The molecule has 0 aliphatic rings. The van der Waals surface area contributed by atoms with Gasteiger partial charge in [0.2, 0.25) is 0 Å². The molecule has 0 saturated carbocycles. The molecule has 100 valence electrons. The molecule has 0 heterocycles. The third-order valence-electron chi connectivity index (χ3n) is 2.67. The Morgan fingerprint density at radius 1 is 1.22 bits per heavy atom. The lowest BCUT2D eigenvalue weighted by atomic mass is 10.1. The Morgan fingerprint density at radius 2 is 1.83 bits per heavy atom. The molecule has 18 heavy (non-hydrogen) atoms. The van der Waals surface area contributed by atoms with E-state index in [4.69, 9.17) is 5.11 Å². The maximum absolute atomic E-state index is 10.5. The molecule has 0 amide bonds. The van der Waals surface area contributed by atoms with E-state index >= 15 is 0 Å². The fraction of sp³-hybridized carbons (Fsp3) is 0.500. The molecule has 0 spiro atoms. The Hall–Kier alpha value is -1.39. The van der Waals surface area contributed by atoms with Gasteiger partial charge in [0, 0.05) is 6.54 Å². The van der Waals surface area contributed by atoms with Crippen molar-refractivity contribution in [3.63, 3.8) is 0 Å². The molecule has 0 saturated heterocycles. The molecule has 0 aliphatic heterocycles. The highest BCUT2D eigenvalue weighted by molar-refractivity contribution is 5.70. The summed E-state index contributed by atoms with van der Waals surface area (Å²) < 4.78 is 0. The second kappa shape index (κ2) is 7.84. The summed E-state index contributed by atoms with van der Waals surface area (Å²) in [7, 11) is 4.14.